The maximum Gasteiger partial charge on any atom is 0.240 e. The van der Waals surface area contributed by atoms with E-state index < -0.39 is 10.0 Å². The number of amides is 2. The molecule has 0 fully saturated rings. The highest BCUT2D eigenvalue weighted by Crippen LogP contribution is 2.30. The Labute approximate surface area is 161 Å². The second kappa shape index (κ2) is 8.81. The molecule has 1 aromatic carbocycles. The third-order valence-electron chi connectivity index (χ3n) is 4.57. The van der Waals surface area contributed by atoms with Gasteiger partial charge >= 0.3 is 0 Å². The minimum atomic E-state index is -3.67. The third kappa shape index (κ3) is 5.50. The smallest absolute Gasteiger partial charge is 0.240 e. The maximum absolute atomic E-state index is 12.6. The highest BCUT2D eigenvalue weighted by atomic mass is 32.2. The number of sulfonamides is 1. The van der Waals surface area contributed by atoms with E-state index in [4.69, 9.17) is 0 Å². The summed E-state index contributed by atoms with van der Waals surface area (Å²) in [5, 5.41) is 0. The van der Waals surface area contributed by atoms with Crippen LogP contribution >= 0.6 is 0 Å². The molecule has 0 unspecified atom stereocenters. The third-order valence-corrected chi connectivity index (χ3v) is 6.03. The summed E-state index contributed by atoms with van der Waals surface area (Å²) in [7, 11) is 0.163. The summed E-state index contributed by atoms with van der Waals surface area (Å²) >= 11 is 0. The SMILES string of the molecule is CC(=O)N(CCNS(=O)(=O)c1ccc2c(c1)CCN2C(C)=O)CCN(C)C. The van der Waals surface area contributed by atoms with Gasteiger partial charge in [-0.15, -0.1) is 0 Å². The molecule has 0 saturated heterocycles. The van der Waals surface area contributed by atoms with E-state index in [2.05, 4.69) is 4.72 Å². The van der Waals surface area contributed by atoms with Gasteiger partial charge in [0.1, 0.15) is 0 Å². The lowest BCUT2D eigenvalue weighted by Gasteiger charge is -2.23. The molecule has 1 N–H and O–H groups in total. The van der Waals surface area contributed by atoms with Crippen molar-refractivity contribution in [2.24, 2.45) is 0 Å². The Kier molecular flexibility index (Phi) is 6.96. The first-order valence-electron chi connectivity index (χ1n) is 8.93. The van der Waals surface area contributed by atoms with Crippen molar-refractivity contribution < 1.29 is 18.0 Å². The molecule has 0 bridgehead atoms. The van der Waals surface area contributed by atoms with Crippen molar-refractivity contribution in [3.05, 3.63) is 23.8 Å². The van der Waals surface area contributed by atoms with E-state index in [1.165, 1.54) is 19.9 Å². The molecule has 27 heavy (non-hydrogen) atoms. The Morgan fingerprint density at radius 3 is 2.44 bits per heavy atom. The number of rotatable bonds is 8. The molecular weight excluding hydrogens is 368 g/mol. The second-order valence-electron chi connectivity index (χ2n) is 6.92. The molecular formula is C18H28N4O4S. The van der Waals surface area contributed by atoms with Crippen molar-refractivity contribution in [1.82, 2.24) is 14.5 Å². The number of hydrogen-bond donors (Lipinski definition) is 1. The lowest BCUT2D eigenvalue weighted by atomic mass is 10.2. The minimum Gasteiger partial charge on any atom is -0.340 e. The summed E-state index contributed by atoms with van der Waals surface area (Å²) in [6.45, 7) is 5.26. The van der Waals surface area contributed by atoms with Gasteiger partial charge in [-0.3, -0.25) is 9.59 Å². The van der Waals surface area contributed by atoms with E-state index in [0.29, 0.717) is 32.6 Å². The molecule has 1 aromatic rings. The average molecular weight is 397 g/mol. The zero-order chi connectivity index (χ0) is 20.2. The molecule has 0 aromatic heterocycles. The summed E-state index contributed by atoms with van der Waals surface area (Å²) < 4.78 is 27.7. The highest BCUT2D eigenvalue weighted by molar-refractivity contribution is 7.89. The summed E-state index contributed by atoms with van der Waals surface area (Å²) in [6.07, 6.45) is 0.640. The second-order valence-corrected chi connectivity index (χ2v) is 8.69. The molecule has 1 heterocycles. The van der Waals surface area contributed by atoms with Crippen molar-refractivity contribution in [1.29, 1.82) is 0 Å². The number of carbonyl (C=O) groups excluding carboxylic acids is 2. The molecule has 0 atom stereocenters. The first-order valence-corrected chi connectivity index (χ1v) is 10.4. The molecule has 2 amide bonds. The highest BCUT2D eigenvalue weighted by Gasteiger charge is 2.24. The predicted molar refractivity (Wildman–Crippen MR) is 104 cm³/mol. The molecule has 1 aliphatic heterocycles. The number of fused-ring (bicyclic) bond motifs is 1. The van der Waals surface area contributed by atoms with Gasteiger partial charge in [-0.2, -0.15) is 0 Å². The van der Waals surface area contributed by atoms with Gasteiger partial charge in [0.05, 0.1) is 4.90 Å². The average Bonchev–Trinajstić information content (AvgIpc) is 3.00. The van der Waals surface area contributed by atoms with E-state index in [1.807, 2.05) is 19.0 Å². The molecule has 9 heteroatoms. The lowest BCUT2D eigenvalue weighted by molar-refractivity contribution is -0.128. The van der Waals surface area contributed by atoms with Crippen molar-refractivity contribution in [3.8, 4) is 0 Å². The predicted octanol–water partition coefficient (Wildman–Crippen LogP) is 0.284. The fraction of sp³-hybridized carbons (Fsp3) is 0.556. The van der Waals surface area contributed by atoms with E-state index >= 15 is 0 Å². The topological polar surface area (TPSA) is 90.0 Å². The van der Waals surface area contributed by atoms with Gasteiger partial charge < -0.3 is 14.7 Å². The summed E-state index contributed by atoms with van der Waals surface area (Å²) in [6, 6.07) is 4.81. The van der Waals surface area contributed by atoms with Crippen LogP contribution in [0.4, 0.5) is 5.69 Å². The normalized spacial score (nSPS) is 13.7. The monoisotopic (exact) mass is 396 g/mol. The molecule has 150 valence electrons. The Bertz CT molecular complexity index is 808. The van der Waals surface area contributed by atoms with E-state index in [9.17, 15) is 18.0 Å². The zero-order valence-electron chi connectivity index (χ0n) is 16.4. The maximum atomic E-state index is 12.6. The number of benzene rings is 1. The van der Waals surface area contributed by atoms with Gasteiger partial charge in [0.25, 0.3) is 0 Å². The fourth-order valence-electron chi connectivity index (χ4n) is 3.02. The van der Waals surface area contributed by atoms with Crippen LogP contribution in [0.25, 0.3) is 0 Å². The standard InChI is InChI=1S/C18H28N4O4S/c1-14(23)21(12-11-20(3)4)10-8-19-27(25,26)17-5-6-18-16(13-17)7-9-22(18)15(2)24/h5-6,13,19H,7-12H2,1-4H3. The van der Waals surface area contributed by atoms with Gasteiger partial charge in [0, 0.05) is 52.3 Å². The van der Waals surface area contributed by atoms with Gasteiger partial charge in [-0.1, -0.05) is 0 Å². The number of nitrogens with one attached hydrogen (secondary N) is 1. The Morgan fingerprint density at radius 2 is 1.85 bits per heavy atom. The van der Waals surface area contributed by atoms with Crippen LogP contribution < -0.4 is 9.62 Å². The van der Waals surface area contributed by atoms with Crippen LogP contribution in [0.2, 0.25) is 0 Å². The van der Waals surface area contributed by atoms with Crippen LogP contribution in [-0.4, -0.2) is 76.9 Å². The number of carbonyl (C=O) groups is 2. The van der Waals surface area contributed by atoms with Crippen LogP contribution in [0, 0.1) is 0 Å². The Balaban J connectivity index is 2.00. The summed E-state index contributed by atoms with van der Waals surface area (Å²) in [5.74, 6) is -0.137. The van der Waals surface area contributed by atoms with Gasteiger partial charge in [0.2, 0.25) is 21.8 Å². The largest absolute Gasteiger partial charge is 0.340 e. The van der Waals surface area contributed by atoms with Gasteiger partial charge in [-0.05, 0) is 44.3 Å². The quantitative estimate of drug-likeness (QED) is 0.682. The van der Waals surface area contributed by atoms with Crippen molar-refractivity contribution in [3.63, 3.8) is 0 Å². The molecule has 1 aliphatic rings. The minimum absolute atomic E-state index is 0.0514. The van der Waals surface area contributed by atoms with Crippen LogP contribution in [-0.2, 0) is 26.0 Å². The van der Waals surface area contributed by atoms with E-state index in [1.54, 1.807) is 21.9 Å². The first-order chi connectivity index (χ1) is 12.6. The number of anilines is 1. The van der Waals surface area contributed by atoms with Gasteiger partial charge in [-0.25, -0.2) is 13.1 Å². The Morgan fingerprint density at radius 1 is 1.15 bits per heavy atom. The Hall–Kier alpha value is -1.97. The van der Waals surface area contributed by atoms with Crippen LogP contribution in [0.15, 0.2) is 23.1 Å². The summed E-state index contributed by atoms with van der Waals surface area (Å²) in [5.41, 5.74) is 1.62. The summed E-state index contributed by atoms with van der Waals surface area (Å²) in [4.78, 5) is 28.7. The van der Waals surface area contributed by atoms with Crippen LogP contribution in [0.1, 0.15) is 19.4 Å². The van der Waals surface area contributed by atoms with Crippen molar-refractivity contribution in [2.45, 2.75) is 25.2 Å². The molecule has 0 radical (unpaired) electrons. The fourth-order valence-corrected chi connectivity index (χ4v) is 4.09. The zero-order valence-corrected chi connectivity index (χ0v) is 17.2. The van der Waals surface area contributed by atoms with E-state index in [0.717, 1.165) is 11.3 Å². The lowest BCUT2D eigenvalue weighted by Crippen LogP contribution is -2.40. The molecule has 0 aliphatic carbocycles. The molecule has 2 rings (SSSR count). The molecule has 8 nitrogen and oxygen atoms in total. The first kappa shape index (κ1) is 21.3. The van der Waals surface area contributed by atoms with Crippen molar-refractivity contribution >= 4 is 27.5 Å². The van der Waals surface area contributed by atoms with Crippen molar-refractivity contribution in [2.75, 3.05) is 51.7 Å². The number of hydrogen-bond acceptors (Lipinski definition) is 5. The number of likely N-dealkylation sites (N-methyl/N-ethyl adjacent to an activating group) is 1. The molecule has 0 saturated carbocycles. The number of nitrogens with zero attached hydrogens (tertiary/aromatic N) is 3. The van der Waals surface area contributed by atoms with Gasteiger partial charge in [0.15, 0.2) is 0 Å². The van der Waals surface area contributed by atoms with E-state index in [-0.39, 0.29) is 23.3 Å². The van der Waals surface area contributed by atoms with Crippen LogP contribution in [0.3, 0.4) is 0 Å². The molecule has 0 spiro atoms. The van der Waals surface area contributed by atoms with Crippen LogP contribution in [0.5, 0.6) is 0 Å².